The summed E-state index contributed by atoms with van der Waals surface area (Å²) in [4.78, 5) is 23.9. The lowest BCUT2D eigenvalue weighted by molar-refractivity contribution is -0.143. The fourth-order valence-corrected chi connectivity index (χ4v) is 2.56. The maximum absolute atomic E-state index is 12.0. The number of hydrogen-bond donors (Lipinski definition) is 2. The van der Waals surface area contributed by atoms with E-state index in [1.54, 1.807) is 31.8 Å². The van der Waals surface area contributed by atoms with Crippen molar-refractivity contribution in [3.63, 3.8) is 0 Å². The number of aryl methyl sites for hydroxylation is 2. The Kier molecular flexibility index (Phi) is 5.40. The second-order valence-electron chi connectivity index (χ2n) is 5.35. The number of carbonyl (C=O) groups is 1. The first-order valence-corrected chi connectivity index (χ1v) is 7.49. The van der Waals surface area contributed by atoms with Gasteiger partial charge in [0.1, 0.15) is 12.4 Å². The molecular formula is C16H20N2O6. The summed E-state index contributed by atoms with van der Waals surface area (Å²) in [5.41, 5.74) is 0.568. The van der Waals surface area contributed by atoms with Gasteiger partial charge in [-0.05, 0) is 13.8 Å². The fourth-order valence-electron chi connectivity index (χ4n) is 2.56. The number of aromatic nitrogens is 2. The zero-order valence-electron chi connectivity index (χ0n) is 13.8. The summed E-state index contributed by atoms with van der Waals surface area (Å²) >= 11 is 0. The van der Waals surface area contributed by atoms with E-state index in [0.717, 1.165) is 6.07 Å². The molecule has 8 heteroatoms. The molecule has 2 rings (SSSR count). The number of rotatable bonds is 6. The van der Waals surface area contributed by atoms with Crippen LogP contribution in [-0.2, 0) is 23.2 Å². The van der Waals surface area contributed by atoms with Crippen LogP contribution in [0.2, 0.25) is 0 Å². The molecule has 2 aromatic rings. The van der Waals surface area contributed by atoms with Crippen LogP contribution in [0.1, 0.15) is 42.0 Å². The summed E-state index contributed by atoms with van der Waals surface area (Å²) in [5, 5.41) is 23.6. The maximum Gasteiger partial charge on any atom is 0.306 e. The lowest BCUT2D eigenvalue weighted by Gasteiger charge is -2.16. The van der Waals surface area contributed by atoms with Crippen LogP contribution >= 0.6 is 0 Å². The van der Waals surface area contributed by atoms with Gasteiger partial charge < -0.3 is 19.4 Å². The second-order valence-corrected chi connectivity index (χ2v) is 5.35. The van der Waals surface area contributed by atoms with E-state index in [2.05, 4.69) is 5.10 Å². The molecule has 2 N–H and O–H groups in total. The van der Waals surface area contributed by atoms with Gasteiger partial charge in [0.2, 0.25) is 11.2 Å². The highest BCUT2D eigenvalue weighted by Crippen LogP contribution is 2.34. The molecule has 0 saturated heterocycles. The van der Waals surface area contributed by atoms with Crippen LogP contribution in [-0.4, -0.2) is 32.6 Å². The first kappa shape index (κ1) is 17.7. The third-order valence-electron chi connectivity index (χ3n) is 3.58. The summed E-state index contributed by atoms with van der Waals surface area (Å²) in [6.45, 7) is 3.15. The molecule has 1 atom stereocenters. The molecule has 0 saturated carbocycles. The molecule has 0 aliphatic rings. The van der Waals surface area contributed by atoms with Crippen molar-refractivity contribution in [1.82, 2.24) is 9.78 Å². The van der Waals surface area contributed by atoms with E-state index in [9.17, 15) is 19.8 Å². The molecule has 0 fully saturated rings. The fraction of sp³-hybridized carbons (Fsp3) is 0.438. The molecule has 130 valence electrons. The summed E-state index contributed by atoms with van der Waals surface area (Å²) in [7, 11) is 1.72. The SMILES string of the molecule is CCOC(=O)C[C@H](c1cn(C)nc1C)c1oc(CO)cc(=O)c1O. The Morgan fingerprint density at radius 2 is 2.21 bits per heavy atom. The maximum atomic E-state index is 12.0. The standard InChI is InChI=1S/C16H20N2O6/c1-4-23-14(21)6-11(12-7-18(3)17-9(12)2)16-15(22)13(20)5-10(8-19)24-16/h5,7,11,19,22H,4,6,8H2,1-3H3/t11-/m1/s1. The largest absolute Gasteiger partial charge is 0.502 e. The highest BCUT2D eigenvalue weighted by molar-refractivity contribution is 5.71. The number of hydrogen-bond acceptors (Lipinski definition) is 7. The molecule has 0 aliphatic heterocycles. The lowest BCUT2D eigenvalue weighted by atomic mass is 9.92. The van der Waals surface area contributed by atoms with E-state index >= 15 is 0 Å². The van der Waals surface area contributed by atoms with Gasteiger partial charge in [0.05, 0.1) is 24.6 Å². The topological polar surface area (TPSA) is 115 Å². The van der Waals surface area contributed by atoms with Gasteiger partial charge in [0.25, 0.3) is 0 Å². The van der Waals surface area contributed by atoms with Crippen LogP contribution in [0.3, 0.4) is 0 Å². The number of aromatic hydroxyl groups is 1. The minimum atomic E-state index is -0.753. The van der Waals surface area contributed by atoms with Crippen LogP contribution in [0.5, 0.6) is 5.75 Å². The van der Waals surface area contributed by atoms with E-state index in [1.807, 2.05) is 0 Å². The van der Waals surface area contributed by atoms with Crippen LogP contribution in [0.4, 0.5) is 0 Å². The molecule has 0 amide bonds. The van der Waals surface area contributed by atoms with Crippen molar-refractivity contribution in [2.45, 2.75) is 32.8 Å². The Labute approximate surface area is 138 Å². The molecule has 0 aromatic carbocycles. The zero-order chi connectivity index (χ0) is 17.9. The Bertz CT molecular complexity index is 792. The van der Waals surface area contributed by atoms with Crippen molar-refractivity contribution in [1.29, 1.82) is 0 Å². The summed E-state index contributed by atoms with van der Waals surface area (Å²) in [6.07, 6.45) is 1.55. The first-order chi connectivity index (χ1) is 11.4. The van der Waals surface area contributed by atoms with Gasteiger partial charge in [-0.1, -0.05) is 0 Å². The number of nitrogens with zero attached hydrogens (tertiary/aromatic N) is 2. The van der Waals surface area contributed by atoms with Gasteiger partial charge >= 0.3 is 5.97 Å². The minimum absolute atomic E-state index is 0.00297. The molecule has 8 nitrogen and oxygen atoms in total. The van der Waals surface area contributed by atoms with E-state index in [4.69, 9.17) is 9.15 Å². The number of carbonyl (C=O) groups excluding carboxylic acids is 1. The van der Waals surface area contributed by atoms with Crippen LogP contribution in [0.25, 0.3) is 0 Å². The van der Waals surface area contributed by atoms with Gasteiger partial charge in [-0.15, -0.1) is 0 Å². The monoisotopic (exact) mass is 336 g/mol. The van der Waals surface area contributed by atoms with Gasteiger partial charge in [-0.2, -0.15) is 5.10 Å². The first-order valence-electron chi connectivity index (χ1n) is 7.49. The summed E-state index contributed by atoms with van der Waals surface area (Å²) < 4.78 is 12.0. The normalized spacial score (nSPS) is 12.2. The Balaban J connectivity index is 2.58. The Morgan fingerprint density at radius 1 is 1.50 bits per heavy atom. The molecule has 0 bridgehead atoms. The van der Waals surface area contributed by atoms with E-state index in [0.29, 0.717) is 11.3 Å². The van der Waals surface area contributed by atoms with Gasteiger partial charge in [0, 0.05) is 24.9 Å². The third kappa shape index (κ3) is 3.65. The molecule has 0 aliphatic carbocycles. The van der Waals surface area contributed by atoms with Gasteiger partial charge in [0.15, 0.2) is 5.76 Å². The average Bonchev–Trinajstić information content (AvgIpc) is 2.86. The second kappa shape index (κ2) is 7.31. The Morgan fingerprint density at radius 3 is 2.75 bits per heavy atom. The van der Waals surface area contributed by atoms with E-state index < -0.39 is 29.7 Å². The van der Waals surface area contributed by atoms with Crippen molar-refractivity contribution < 1.29 is 24.2 Å². The van der Waals surface area contributed by atoms with Crippen molar-refractivity contribution in [2.75, 3.05) is 6.61 Å². The molecule has 0 unspecified atom stereocenters. The zero-order valence-corrected chi connectivity index (χ0v) is 13.8. The predicted molar refractivity (Wildman–Crippen MR) is 83.6 cm³/mol. The number of esters is 1. The molecule has 2 aromatic heterocycles. The predicted octanol–water partition coefficient (Wildman–Crippen LogP) is 0.965. The highest BCUT2D eigenvalue weighted by atomic mass is 16.5. The lowest BCUT2D eigenvalue weighted by Crippen LogP contribution is -2.15. The molecular weight excluding hydrogens is 316 g/mol. The number of ether oxygens (including phenoxy) is 1. The van der Waals surface area contributed by atoms with Crippen LogP contribution < -0.4 is 5.43 Å². The van der Waals surface area contributed by atoms with Crippen LogP contribution in [0, 0.1) is 6.92 Å². The van der Waals surface area contributed by atoms with Crippen molar-refractivity contribution >= 4 is 5.97 Å². The van der Waals surface area contributed by atoms with E-state index in [1.165, 1.54) is 0 Å². The highest BCUT2D eigenvalue weighted by Gasteiger charge is 2.29. The number of aliphatic hydroxyl groups is 1. The molecule has 0 radical (unpaired) electrons. The molecule has 24 heavy (non-hydrogen) atoms. The van der Waals surface area contributed by atoms with Crippen LogP contribution in [0.15, 0.2) is 21.5 Å². The van der Waals surface area contributed by atoms with Gasteiger partial charge in [-0.3, -0.25) is 14.3 Å². The Hall–Kier alpha value is -2.61. The number of aliphatic hydroxyl groups excluding tert-OH is 1. The summed E-state index contributed by atoms with van der Waals surface area (Å²) in [5.74, 6) is -1.93. The molecule has 0 spiro atoms. The van der Waals surface area contributed by atoms with Crippen molar-refractivity contribution in [3.05, 3.63) is 45.3 Å². The van der Waals surface area contributed by atoms with Crippen molar-refractivity contribution in [3.8, 4) is 5.75 Å². The van der Waals surface area contributed by atoms with E-state index in [-0.39, 0.29) is 24.5 Å². The van der Waals surface area contributed by atoms with Gasteiger partial charge in [-0.25, -0.2) is 0 Å². The quantitative estimate of drug-likeness (QED) is 0.755. The minimum Gasteiger partial charge on any atom is -0.502 e. The summed E-state index contributed by atoms with van der Waals surface area (Å²) in [6, 6.07) is 1.01. The molecule has 2 heterocycles. The smallest absolute Gasteiger partial charge is 0.306 e. The van der Waals surface area contributed by atoms with Crippen molar-refractivity contribution in [2.24, 2.45) is 7.05 Å². The third-order valence-corrected chi connectivity index (χ3v) is 3.58. The average molecular weight is 336 g/mol.